The van der Waals surface area contributed by atoms with Crippen molar-refractivity contribution in [1.82, 2.24) is 5.32 Å². The van der Waals surface area contributed by atoms with Gasteiger partial charge in [-0.15, -0.1) is 0 Å². The minimum atomic E-state index is -4.59. The maximum Gasteiger partial charge on any atom is 0.268 e. The number of allylic oxidation sites excluding steroid dienone is 10. The number of rotatable bonds is 79. The van der Waals surface area contributed by atoms with Crippen LogP contribution in [0.25, 0.3) is 0 Å². The second kappa shape index (κ2) is 76.4. The molecule has 0 aliphatic rings. The molecule has 0 bridgehead atoms. The lowest BCUT2D eigenvalue weighted by Crippen LogP contribution is -2.46. The number of phosphoric ester groups is 1. The van der Waals surface area contributed by atoms with E-state index >= 15 is 0 Å². The van der Waals surface area contributed by atoms with Crippen LogP contribution in [0.4, 0.5) is 0 Å². The Morgan fingerprint density at radius 3 is 0.937 bits per heavy atom. The van der Waals surface area contributed by atoms with E-state index in [2.05, 4.69) is 79.9 Å². The maximum atomic E-state index is 13.1. The number of carbonyl (C=O) groups is 1. The molecule has 0 aromatic rings. The number of amides is 1. The van der Waals surface area contributed by atoms with E-state index in [1.165, 1.54) is 334 Å². The van der Waals surface area contributed by atoms with Gasteiger partial charge in [-0.1, -0.05) is 428 Å². The highest BCUT2D eigenvalue weighted by Gasteiger charge is 2.24. The first-order valence-electron chi connectivity index (χ1n) is 42.1. The van der Waals surface area contributed by atoms with Gasteiger partial charge in [-0.2, -0.15) is 0 Å². The van der Waals surface area contributed by atoms with Crippen molar-refractivity contribution < 1.29 is 32.9 Å². The lowest BCUT2D eigenvalue weighted by Gasteiger charge is -2.30. The third-order valence-electron chi connectivity index (χ3n) is 19.5. The minimum absolute atomic E-state index is 0.0144. The van der Waals surface area contributed by atoms with E-state index in [1.807, 2.05) is 21.1 Å². The summed E-state index contributed by atoms with van der Waals surface area (Å²) in [5, 5.41) is 14.2. The number of unbranched alkanes of at least 4 members (excludes halogenated alkanes) is 56. The van der Waals surface area contributed by atoms with Crippen LogP contribution < -0.4 is 10.2 Å². The highest BCUT2D eigenvalue weighted by atomic mass is 31.2. The molecule has 0 saturated heterocycles. The van der Waals surface area contributed by atoms with Crippen LogP contribution in [0.15, 0.2) is 60.8 Å². The van der Waals surface area contributed by atoms with E-state index in [9.17, 15) is 19.4 Å². The number of nitrogens with one attached hydrogen (secondary N) is 1. The van der Waals surface area contributed by atoms with Crippen LogP contribution in [0.2, 0.25) is 0 Å². The van der Waals surface area contributed by atoms with E-state index in [4.69, 9.17) is 9.05 Å². The predicted molar refractivity (Wildman–Crippen MR) is 418 cm³/mol. The van der Waals surface area contributed by atoms with Gasteiger partial charge in [-0.05, 0) is 57.8 Å². The summed E-state index contributed by atoms with van der Waals surface area (Å²) in [6.45, 7) is 4.68. The van der Waals surface area contributed by atoms with Gasteiger partial charge in [0.05, 0.1) is 39.9 Å². The monoisotopic (exact) mass is 1350 g/mol. The maximum absolute atomic E-state index is 13.1. The molecule has 0 aromatic heterocycles. The number of carbonyl (C=O) groups excluding carboxylic acids is 1. The molecule has 0 saturated carbocycles. The summed E-state index contributed by atoms with van der Waals surface area (Å²) in [7, 11) is 1.33. The summed E-state index contributed by atoms with van der Waals surface area (Å²) >= 11 is 0. The van der Waals surface area contributed by atoms with Crippen molar-refractivity contribution in [3.63, 3.8) is 0 Å². The van der Waals surface area contributed by atoms with Crippen molar-refractivity contribution >= 4 is 13.7 Å². The van der Waals surface area contributed by atoms with Crippen LogP contribution in [-0.4, -0.2) is 68.5 Å². The number of phosphoric acid groups is 1. The first-order chi connectivity index (χ1) is 46.5. The smallest absolute Gasteiger partial charge is 0.268 e. The molecule has 0 spiro atoms. The zero-order valence-corrected chi connectivity index (χ0v) is 65.3. The first kappa shape index (κ1) is 93.2. The topological polar surface area (TPSA) is 108 Å². The van der Waals surface area contributed by atoms with E-state index in [0.29, 0.717) is 23.9 Å². The zero-order chi connectivity index (χ0) is 69.0. The number of hydrogen-bond acceptors (Lipinski definition) is 6. The van der Waals surface area contributed by atoms with Gasteiger partial charge in [0.15, 0.2) is 0 Å². The fraction of sp³-hybridized carbons (Fsp3) is 0.872. The molecule has 9 heteroatoms. The summed E-state index contributed by atoms with van der Waals surface area (Å²) in [5.41, 5.74) is 0. The summed E-state index contributed by atoms with van der Waals surface area (Å²) in [5.74, 6) is -0.155. The third-order valence-corrected chi connectivity index (χ3v) is 20.5. The van der Waals surface area contributed by atoms with Crippen LogP contribution in [0.1, 0.15) is 431 Å². The number of nitrogens with zero attached hydrogens (tertiary/aromatic N) is 1. The molecular weight excluding hydrogens is 1190 g/mol. The van der Waals surface area contributed by atoms with E-state index in [-0.39, 0.29) is 19.1 Å². The van der Waals surface area contributed by atoms with Gasteiger partial charge in [0.25, 0.3) is 7.82 Å². The van der Waals surface area contributed by atoms with Crippen LogP contribution in [-0.2, 0) is 18.4 Å². The molecule has 95 heavy (non-hydrogen) atoms. The Morgan fingerprint density at radius 1 is 0.379 bits per heavy atom. The summed E-state index contributed by atoms with van der Waals surface area (Å²) in [6.07, 6.45) is 107. The molecule has 3 atom stereocenters. The SMILES string of the molecule is CC/C=C\C/C=C\C/C=C\C/C=C\C/C=C\CCCCCCCCCCCCCCCCCCCCCCCCCCCC(=O)NC(COP(=O)([O-])OCC[N+](C)(C)C)C(O)CCCCCCCCCCCCCCCCCCCCCCCCCCCCCCCCCC. The Kier molecular flexibility index (Phi) is 74.9. The molecule has 0 radical (unpaired) electrons. The lowest BCUT2D eigenvalue weighted by atomic mass is 10.0. The molecule has 0 aliphatic heterocycles. The van der Waals surface area contributed by atoms with Gasteiger partial charge in [0, 0.05) is 6.42 Å². The number of quaternary nitrogens is 1. The number of aliphatic hydroxyl groups is 1. The molecule has 8 nitrogen and oxygen atoms in total. The van der Waals surface area contributed by atoms with E-state index in [0.717, 1.165) is 70.6 Å². The number of aliphatic hydroxyl groups excluding tert-OH is 1. The summed E-state index contributed by atoms with van der Waals surface area (Å²) < 4.78 is 23.6. The molecule has 2 N–H and O–H groups in total. The van der Waals surface area contributed by atoms with Crippen molar-refractivity contribution in [2.75, 3.05) is 40.9 Å². The Balaban J connectivity index is 3.88. The molecular formula is C86H165N2O6P. The van der Waals surface area contributed by atoms with Crippen molar-refractivity contribution in [3.05, 3.63) is 60.8 Å². The van der Waals surface area contributed by atoms with Crippen LogP contribution in [0.5, 0.6) is 0 Å². The molecule has 0 rings (SSSR count). The predicted octanol–water partition coefficient (Wildman–Crippen LogP) is 27.2. The minimum Gasteiger partial charge on any atom is -0.756 e. The van der Waals surface area contributed by atoms with Gasteiger partial charge in [0.1, 0.15) is 13.2 Å². The third kappa shape index (κ3) is 79.4. The molecule has 0 aromatic carbocycles. The zero-order valence-electron chi connectivity index (χ0n) is 64.4. The van der Waals surface area contributed by atoms with Gasteiger partial charge < -0.3 is 28.8 Å². The molecule has 0 heterocycles. The highest BCUT2D eigenvalue weighted by Crippen LogP contribution is 2.38. The molecule has 560 valence electrons. The van der Waals surface area contributed by atoms with Crippen molar-refractivity contribution in [2.24, 2.45) is 0 Å². The first-order valence-corrected chi connectivity index (χ1v) is 43.6. The molecule has 1 amide bonds. The number of likely N-dealkylation sites (N-methyl/N-ethyl adjacent to an activating group) is 1. The van der Waals surface area contributed by atoms with E-state index in [1.54, 1.807) is 0 Å². The Hall–Kier alpha value is -1.80. The molecule has 0 aliphatic carbocycles. The average Bonchev–Trinajstić information content (AvgIpc) is 2.01. The van der Waals surface area contributed by atoms with Crippen LogP contribution >= 0.6 is 7.82 Å². The van der Waals surface area contributed by atoms with Gasteiger partial charge in [0.2, 0.25) is 5.91 Å². The standard InChI is InChI=1S/C86H165N2O6P/c1-6-8-10-12-14-16-18-20-22-24-26-28-30-32-34-36-38-40-41-42-43-44-45-46-47-48-50-52-54-56-58-60-62-64-66-68-70-72-74-76-78-80-86(90)87-84(83-94-95(91,92)93-82-81-88(3,4)5)85(89)79-77-75-73-71-69-67-65-63-61-59-57-55-53-51-49-39-37-35-33-31-29-27-25-23-21-19-17-15-13-11-9-7-2/h8,10,14,16,20,22,26,28,32,34,84-85,89H,6-7,9,11-13,15,17-19,21,23-25,27,29-31,33,35-83H2,1-5H3,(H-,87,90,91,92)/b10-8-,16-14-,22-20-,28-26-,34-32-. The fourth-order valence-corrected chi connectivity index (χ4v) is 13.8. The van der Waals surface area contributed by atoms with Crippen LogP contribution in [0, 0.1) is 0 Å². The number of hydrogen-bond donors (Lipinski definition) is 2. The molecule has 3 unspecified atom stereocenters. The van der Waals surface area contributed by atoms with Gasteiger partial charge >= 0.3 is 0 Å². The molecule has 0 fully saturated rings. The second-order valence-electron chi connectivity index (χ2n) is 30.2. The normalized spacial score (nSPS) is 13.7. The largest absolute Gasteiger partial charge is 0.756 e. The van der Waals surface area contributed by atoms with Crippen molar-refractivity contribution in [1.29, 1.82) is 0 Å². The summed E-state index contributed by atoms with van der Waals surface area (Å²) in [6, 6.07) is -0.802. The average molecular weight is 1350 g/mol. The summed E-state index contributed by atoms with van der Waals surface area (Å²) in [4.78, 5) is 25.8. The Morgan fingerprint density at radius 2 is 0.642 bits per heavy atom. The second-order valence-corrected chi connectivity index (χ2v) is 31.6. The van der Waals surface area contributed by atoms with Crippen molar-refractivity contribution in [2.45, 2.75) is 443 Å². The lowest BCUT2D eigenvalue weighted by molar-refractivity contribution is -0.870. The Labute approximate surface area is 593 Å². The quantitative estimate of drug-likeness (QED) is 0.0272. The Bertz CT molecular complexity index is 1740. The van der Waals surface area contributed by atoms with Gasteiger partial charge in [-0.25, -0.2) is 0 Å². The van der Waals surface area contributed by atoms with E-state index < -0.39 is 20.0 Å². The van der Waals surface area contributed by atoms with Gasteiger partial charge in [-0.3, -0.25) is 9.36 Å². The highest BCUT2D eigenvalue weighted by molar-refractivity contribution is 7.45. The van der Waals surface area contributed by atoms with Crippen LogP contribution in [0.3, 0.4) is 0 Å². The fourth-order valence-electron chi connectivity index (χ4n) is 13.1. The van der Waals surface area contributed by atoms with Crippen molar-refractivity contribution in [3.8, 4) is 0 Å².